The zero-order chi connectivity index (χ0) is 11.4. The van der Waals surface area contributed by atoms with Gasteiger partial charge in [0.2, 0.25) is 5.91 Å². The Kier molecular flexibility index (Phi) is 4.22. The zero-order valence-corrected chi connectivity index (χ0v) is 10.0. The van der Waals surface area contributed by atoms with E-state index in [-0.39, 0.29) is 6.61 Å². The summed E-state index contributed by atoms with van der Waals surface area (Å²) in [4.78, 5) is 14.2. The van der Waals surface area contributed by atoms with Gasteiger partial charge in [0.05, 0.1) is 0 Å². The average molecular weight is 225 g/mol. The minimum atomic E-state index is 0.251. The lowest BCUT2D eigenvalue weighted by molar-refractivity contribution is -0.133. The quantitative estimate of drug-likeness (QED) is 0.776. The normalized spacial score (nSPS) is 25.8. The van der Waals surface area contributed by atoms with Crippen molar-refractivity contribution in [2.24, 2.45) is 5.92 Å². The van der Waals surface area contributed by atoms with Gasteiger partial charge in [-0.3, -0.25) is 4.79 Å². The molecule has 92 valence electrons. The molecular formula is C13H23NO2. The van der Waals surface area contributed by atoms with Crippen LogP contribution in [-0.4, -0.2) is 35.1 Å². The van der Waals surface area contributed by atoms with Crippen molar-refractivity contribution in [1.29, 1.82) is 0 Å². The van der Waals surface area contributed by atoms with Crippen LogP contribution in [0.15, 0.2) is 0 Å². The maximum Gasteiger partial charge on any atom is 0.223 e. The number of aliphatic hydroxyl groups excluding tert-OH is 1. The van der Waals surface area contributed by atoms with Crippen LogP contribution in [0.5, 0.6) is 0 Å². The summed E-state index contributed by atoms with van der Waals surface area (Å²) in [6.45, 7) is 1.20. The zero-order valence-electron chi connectivity index (χ0n) is 10.0. The standard InChI is InChI=1S/C13H23NO2/c15-9-3-7-12-6-2-8-14(12)13(16)10-11-4-1-5-11/h11-12,15H,1-10H2. The highest BCUT2D eigenvalue weighted by Gasteiger charge is 2.30. The van der Waals surface area contributed by atoms with Crippen molar-refractivity contribution in [2.75, 3.05) is 13.2 Å². The van der Waals surface area contributed by atoms with Gasteiger partial charge in [0.15, 0.2) is 0 Å². The van der Waals surface area contributed by atoms with E-state index < -0.39 is 0 Å². The van der Waals surface area contributed by atoms with Crippen LogP contribution in [0.1, 0.15) is 51.4 Å². The van der Waals surface area contributed by atoms with Crippen molar-refractivity contribution in [3.05, 3.63) is 0 Å². The van der Waals surface area contributed by atoms with Gasteiger partial charge in [0, 0.05) is 25.6 Å². The highest BCUT2D eigenvalue weighted by Crippen LogP contribution is 2.31. The van der Waals surface area contributed by atoms with E-state index in [0.717, 1.165) is 38.6 Å². The van der Waals surface area contributed by atoms with E-state index in [2.05, 4.69) is 4.90 Å². The third-order valence-corrected chi connectivity index (χ3v) is 4.08. The minimum absolute atomic E-state index is 0.251. The van der Waals surface area contributed by atoms with Gasteiger partial charge in [-0.05, 0) is 44.4 Å². The highest BCUT2D eigenvalue weighted by molar-refractivity contribution is 5.77. The topological polar surface area (TPSA) is 40.5 Å². The molecule has 2 rings (SSSR count). The molecule has 0 spiro atoms. The number of rotatable bonds is 5. The molecular weight excluding hydrogens is 202 g/mol. The molecule has 1 aliphatic carbocycles. The smallest absolute Gasteiger partial charge is 0.223 e. The molecule has 3 nitrogen and oxygen atoms in total. The molecule has 1 saturated carbocycles. The monoisotopic (exact) mass is 225 g/mol. The maximum atomic E-state index is 12.1. The molecule has 0 aromatic heterocycles. The summed E-state index contributed by atoms with van der Waals surface area (Å²) in [5, 5.41) is 8.84. The number of aliphatic hydroxyl groups is 1. The molecule has 1 atom stereocenters. The van der Waals surface area contributed by atoms with Gasteiger partial charge in [0.25, 0.3) is 0 Å². The molecule has 1 saturated heterocycles. The van der Waals surface area contributed by atoms with Crippen LogP contribution in [0, 0.1) is 5.92 Å². The fraction of sp³-hybridized carbons (Fsp3) is 0.923. The van der Waals surface area contributed by atoms with Crippen LogP contribution < -0.4 is 0 Å². The van der Waals surface area contributed by atoms with Crippen LogP contribution >= 0.6 is 0 Å². The predicted octanol–water partition coefficient (Wildman–Crippen LogP) is 1.94. The molecule has 0 aromatic carbocycles. The van der Waals surface area contributed by atoms with Gasteiger partial charge in [-0.1, -0.05) is 6.42 Å². The molecule has 1 aliphatic heterocycles. The van der Waals surface area contributed by atoms with E-state index >= 15 is 0 Å². The Morgan fingerprint density at radius 1 is 1.25 bits per heavy atom. The Hall–Kier alpha value is -0.570. The fourth-order valence-electron chi connectivity index (χ4n) is 2.85. The first-order chi connectivity index (χ1) is 7.81. The van der Waals surface area contributed by atoms with Crippen molar-refractivity contribution in [3.63, 3.8) is 0 Å². The second-order valence-electron chi connectivity index (χ2n) is 5.25. The molecule has 0 radical (unpaired) electrons. The second kappa shape index (κ2) is 5.67. The van der Waals surface area contributed by atoms with E-state index in [1.54, 1.807) is 0 Å². The minimum Gasteiger partial charge on any atom is -0.396 e. The first-order valence-corrected chi connectivity index (χ1v) is 6.71. The molecule has 0 aromatic rings. The first-order valence-electron chi connectivity index (χ1n) is 6.71. The number of hydrogen-bond acceptors (Lipinski definition) is 2. The summed E-state index contributed by atoms with van der Waals surface area (Å²) < 4.78 is 0. The van der Waals surface area contributed by atoms with Crippen molar-refractivity contribution in [1.82, 2.24) is 4.90 Å². The lowest BCUT2D eigenvalue weighted by Gasteiger charge is -2.30. The molecule has 1 amide bonds. The molecule has 16 heavy (non-hydrogen) atoms. The van der Waals surface area contributed by atoms with Gasteiger partial charge in [-0.15, -0.1) is 0 Å². The van der Waals surface area contributed by atoms with E-state index in [1.165, 1.54) is 19.3 Å². The van der Waals surface area contributed by atoms with E-state index in [1.807, 2.05) is 0 Å². The van der Waals surface area contributed by atoms with E-state index in [4.69, 9.17) is 5.11 Å². The average Bonchev–Trinajstić information content (AvgIpc) is 2.68. The third kappa shape index (κ3) is 2.76. The van der Waals surface area contributed by atoms with Gasteiger partial charge in [-0.2, -0.15) is 0 Å². The van der Waals surface area contributed by atoms with Gasteiger partial charge < -0.3 is 10.0 Å². The van der Waals surface area contributed by atoms with Crippen LogP contribution in [0.25, 0.3) is 0 Å². The Balaban J connectivity index is 1.78. The largest absolute Gasteiger partial charge is 0.396 e. The third-order valence-electron chi connectivity index (χ3n) is 4.08. The molecule has 1 heterocycles. The summed E-state index contributed by atoms with van der Waals surface area (Å²) in [5.74, 6) is 1.04. The van der Waals surface area contributed by atoms with Crippen LogP contribution in [0.3, 0.4) is 0 Å². The fourth-order valence-corrected chi connectivity index (χ4v) is 2.85. The summed E-state index contributed by atoms with van der Waals surface area (Å²) in [6.07, 6.45) is 8.68. The molecule has 1 N–H and O–H groups in total. The van der Waals surface area contributed by atoms with Gasteiger partial charge in [-0.25, -0.2) is 0 Å². The number of hydrogen-bond donors (Lipinski definition) is 1. The Bertz CT molecular complexity index is 238. The number of nitrogens with zero attached hydrogens (tertiary/aromatic N) is 1. The van der Waals surface area contributed by atoms with Crippen LogP contribution in [-0.2, 0) is 4.79 Å². The number of likely N-dealkylation sites (tertiary alicyclic amines) is 1. The van der Waals surface area contributed by atoms with Crippen molar-refractivity contribution >= 4 is 5.91 Å². The number of carbonyl (C=O) groups is 1. The van der Waals surface area contributed by atoms with Gasteiger partial charge >= 0.3 is 0 Å². The van der Waals surface area contributed by atoms with Crippen molar-refractivity contribution in [3.8, 4) is 0 Å². The maximum absolute atomic E-state index is 12.1. The molecule has 2 aliphatic rings. The van der Waals surface area contributed by atoms with Gasteiger partial charge in [0.1, 0.15) is 0 Å². The highest BCUT2D eigenvalue weighted by atomic mass is 16.3. The number of carbonyl (C=O) groups excluding carboxylic acids is 1. The summed E-state index contributed by atoms with van der Waals surface area (Å²) >= 11 is 0. The first kappa shape index (κ1) is 11.9. The van der Waals surface area contributed by atoms with Crippen LogP contribution in [0.4, 0.5) is 0 Å². The van der Waals surface area contributed by atoms with Crippen LogP contribution in [0.2, 0.25) is 0 Å². The summed E-state index contributed by atoms with van der Waals surface area (Å²) in [7, 11) is 0. The predicted molar refractivity (Wildman–Crippen MR) is 63.0 cm³/mol. The Labute approximate surface area is 97.8 Å². The molecule has 2 fully saturated rings. The molecule has 0 bridgehead atoms. The lowest BCUT2D eigenvalue weighted by atomic mass is 9.82. The Morgan fingerprint density at radius 2 is 2.06 bits per heavy atom. The SMILES string of the molecule is O=C(CC1CCC1)N1CCCC1CCCO. The molecule has 1 unspecified atom stereocenters. The van der Waals surface area contributed by atoms with E-state index in [9.17, 15) is 4.79 Å². The van der Waals surface area contributed by atoms with Crippen molar-refractivity contribution in [2.45, 2.75) is 57.4 Å². The summed E-state index contributed by atoms with van der Waals surface area (Å²) in [6, 6.07) is 0.416. The molecule has 3 heteroatoms. The van der Waals surface area contributed by atoms with Crippen molar-refractivity contribution < 1.29 is 9.90 Å². The lowest BCUT2D eigenvalue weighted by Crippen LogP contribution is -2.37. The summed E-state index contributed by atoms with van der Waals surface area (Å²) in [5.41, 5.74) is 0. The second-order valence-corrected chi connectivity index (χ2v) is 5.25. The Morgan fingerprint density at radius 3 is 2.69 bits per heavy atom. The number of amides is 1. The van der Waals surface area contributed by atoms with E-state index in [0.29, 0.717) is 17.9 Å².